The predicted molar refractivity (Wildman–Crippen MR) is 128 cm³/mol. The average Bonchev–Trinajstić information content (AvgIpc) is 2.82. The zero-order valence-electron chi connectivity index (χ0n) is 18.4. The SMILES string of the molecule is CC(C)COc1ccc(C=Nc2ccc(S(=O)(=O)N3CCc4ccccc4C3)cc2)cc1. The molecule has 166 valence electrons. The Kier molecular flexibility index (Phi) is 6.72. The van der Waals surface area contributed by atoms with E-state index in [2.05, 4.69) is 24.9 Å². The first-order valence-electron chi connectivity index (χ1n) is 10.9. The van der Waals surface area contributed by atoms with Gasteiger partial charge in [0.15, 0.2) is 0 Å². The molecule has 1 aliphatic rings. The summed E-state index contributed by atoms with van der Waals surface area (Å²) in [5, 5.41) is 0. The lowest BCUT2D eigenvalue weighted by Gasteiger charge is -2.28. The molecule has 5 nitrogen and oxygen atoms in total. The third-order valence-corrected chi connectivity index (χ3v) is 7.26. The lowest BCUT2D eigenvalue weighted by Crippen LogP contribution is -2.35. The fraction of sp³-hybridized carbons (Fsp3) is 0.269. The minimum absolute atomic E-state index is 0.294. The van der Waals surface area contributed by atoms with Crippen molar-refractivity contribution in [2.75, 3.05) is 13.2 Å². The van der Waals surface area contributed by atoms with Gasteiger partial charge in [-0.1, -0.05) is 38.1 Å². The number of hydrogen-bond donors (Lipinski definition) is 0. The van der Waals surface area contributed by atoms with E-state index in [1.165, 1.54) is 5.56 Å². The highest BCUT2D eigenvalue weighted by Gasteiger charge is 2.28. The highest BCUT2D eigenvalue weighted by atomic mass is 32.2. The van der Waals surface area contributed by atoms with Crippen molar-refractivity contribution in [2.24, 2.45) is 10.9 Å². The van der Waals surface area contributed by atoms with E-state index < -0.39 is 10.0 Å². The third-order valence-electron chi connectivity index (χ3n) is 5.40. The van der Waals surface area contributed by atoms with Crippen LogP contribution < -0.4 is 4.74 Å². The lowest BCUT2D eigenvalue weighted by molar-refractivity contribution is 0.271. The molecule has 0 amide bonds. The Morgan fingerprint density at radius 1 is 0.969 bits per heavy atom. The molecule has 32 heavy (non-hydrogen) atoms. The molecule has 0 spiro atoms. The van der Waals surface area contributed by atoms with Crippen LogP contribution in [0.1, 0.15) is 30.5 Å². The molecule has 0 aromatic heterocycles. The van der Waals surface area contributed by atoms with Gasteiger partial charge in [-0.3, -0.25) is 4.99 Å². The smallest absolute Gasteiger partial charge is 0.243 e. The minimum atomic E-state index is -3.54. The van der Waals surface area contributed by atoms with Gasteiger partial charge in [-0.2, -0.15) is 4.31 Å². The number of hydrogen-bond acceptors (Lipinski definition) is 4. The summed E-state index contributed by atoms with van der Waals surface area (Å²) in [4.78, 5) is 4.77. The van der Waals surface area contributed by atoms with Crippen molar-refractivity contribution in [1.29, 1.82) is 0 Å². The van der Waals surface area contributed by atoms with Crippen molar-refractivity contribution in [3.8, 4) is 5.75 Å². The molecule has 4 rings (SSSR count). The van der Waals surface area contributed by atoms with Crippen molar-refractivity contribution >= 4 is 21.9 Å². The topological polar surface area (TPSA) is 59.0 Å². The molecule has 1 aliphatic heterocycles. The van der Waals surface area contributed by atoms with Crippen LogP contribution in [0.25, 0.3) is 0 Å². The second-order valence-electron chi connectivity index (χ2n) is 8.38. The number of nitrogens with zero attached hydrogens (tertiary/aromatic N) is 2. The van der Waals surface area contributed by atoms with Crippen molar-refractivity contribution in [3.63, 3.8) is 0 Å². The summed E-state index contributed by atoms with van der Waals surface area (Å²) >= 11 is 0. The molecule has 0 saturated heterocycles. The molecule has 0 aliphatic carbocycles. The van der Waals surface area contributed by atoms with Crippen LogP contribution in [-0.2, 0) is 23.0 Å². The van der Waals surface area contributed by atoms with E-state index in [0.717, 1.165) is 23.3 Å². The molecular formula is C26H28N2O3S. The third kappa shape index (κ3) is 5.26. The summed E-state index contributed by atoms with van der Waals surface area (Å²) in [6, 6.07) is 22.5. The summed E-state index contributed by atoms with van der Waals surface area (Å²) in [7, 11) is -3.54. The van der Waals surface area contributed by atoms with Gasteiger partial charge in [-0.05, 0) is 77.6 Å². The Balaban J connectivity index is 1.41. The fourth-order valence-electron chi connectivity index (χ4n) is 3.59. The van der Waals surface area contributed by atoms with E-state index in [9.17, 15) is 8.42 Å². The van der Waals surface area contributed by atoms with E-state index in [1.807, 2.05) is 42.5 Å². The molecule has 3 aromatic rings. The van der Waals surface area contributed by atoms with E-state index in [4.69, 9.17) is 4.74 Å². The highest BCUT2D eigenvalue weighted by Crippen LogP contribution is 2.26. The summed E-state index contributed by atoms with van der Waals surface area (Å²) in [6.45, 7) is 5.82. The standard InChI is InChI=1S/C26H28N2O3S/c1-20(2)19-31-25-11-7-21(8-12-25)17-27-24-9-13-26(14-10-24)32(29,30)28-16-15-22-5-3-4-6-23(22)18-28/h3-14,17,20H,15-16,18-19H2,1-2H3. The quantitative estimate of drug-likeness (QED) is 0.466. The van der Waals surface area contributed by atoms with Crippen LogP contribution in [0.3, 0.4) is 0 Å². The molecule has 0 bridgehead atoms. The van der Waals surface area contributed by atoms with Crippen molar-refractivity contribution in [2.45, 2.75) is 31.7 Å². The van der Waals surface area contributed by atoms with Gasteiger partial charge in [0.05, 0.1) is 17.2 Å². The fourth-order valence-corrected chi connectivity index (χ4v) is 5.01. The van der Waals surface area contributed by atoms with E-state index in [0.29, 0.717) is 36.2 Å². The van der Waals surface area contributed by atoms with Gasteiger partial charge in [0.1, 0.15) is 5.75 Å². The Hall–Kier alpha value is -2.96. The Labute approximate surface area is 190 Å². The zero-order valence-corrected chi connectivity index (χ0v) is 19.3. The largest absolute Gasteiger partial charge is 0.493 e. The lowest BCUT2D eigenvalue weighted by atomic mass is 10.0. The summed E-state index contributed by atoms with van der Waals surface area (Å²) in [5.74, 6) is 1.32. The van der Waals surface area contributed by atoms with Crippen LogP contribution in [0.4, 0.5) is 5.69 Å². The molecule has 0 N–H and O–H groups in total. The van der Waals surface area contributed by atoms with Gasteiger partial charge in [-0.15, -0.1) is 0 Å². The number of fused-ring (bicyclic) bond motifs is 1. The van der Waals surface area contributed by atoms with Gasteiger partial charge in [0.25, 0.3) is 0 Å². The second kappa shape index (κ2) is 9.67. The van der Waals surface area contributed by atoms with Gasteiger partial charge in [-0.25, -0.2) is 8.42 Å². The first-order chi connectivity index (χ1) is 15.4. The maximum Gasteiger partial charge on any atom is 0.243 e. The van der Waals surface area contributed by atoms with Gasteiger partial charge in [0, 0.05) is 19.3 Å². The van der Waals surface area contributed by atoms with Crippen molar-refractivity contribution in [3.05, 3.63) is 89.5 Å². The maximum atomic E-state index is 13.1. The monoisotopic (exact) mass is 448 g/mol. The van der Waals surface area contributed by atoms with Gasteiger partial charge >= 0.3 is 0 Å². The minimum Gasteiger partial charge on any atom is -0.493 e. The summed E-state index contributed by atoms with van der Waals surface area (Å²) in [5.41, 5.74) is 3.95. The molecule has 0 unspecified atom stereocenters. The van der Waals surface area contributed by atoms with E-state index >= 15 is 0 Å². The number of sulfonamides is 1. The summed E-state index contributed by atoms with van der Waals surface area (Å²) in [6.07, 6.45) is 2.50. The van der Waals surface area contributed by atoms with E-state index in [-0.39, 0.29) is 0 Å². The van der Waals surface area contributed by atoms with Crippen LogP contribution in [-0.4, -0.2) is 32.1 Å². The molecule has 0 saturated carbocycles. The van der Waals surface area contributed by atoms with E-state index in [1.54, 1.807) is 34.8 Å². The number of ether oxygens (including phenoxy) is 1. The molecule has 6 heteroatoms. The summed E-state index contributed by atoms with van der Waals surface area (Å²) < 4.78 is 33.4. The predicted octanol–water partition coefficient (Wildman–Crippen LogP) is 5.22. The van der Waals surface area contributed by atoms with Gasteiger partial charge in [0.2, 0.25) is 10.0 Å². The normalized spacial score (nSPS) is 14.6. The average molecular weight is 449 g/mol. The Morgan fingerprint density at radius 2 is 1.66 bits per heavy atom. The van der Waals surface area contributed by atoms with Crippen molar-refractivity contribution in [1.82, 2.24) is 4.31 Å². The zero-order chi connectivity index (χ0) is 22.6. The Bertz CT molecular complexity index is 1180. The maximum absolute atomic E-state index is 13.1. The van der Waals surface area contributed by atoms with Crippen molar-refractivity contribution < 1.29 is 13.2 Å². The number of rotatable bonds is 7. The molecule has 0 fully saturated rings. The molecular weight excluding hydrogens is 420 g/mol. The number of benzene rings is 3. The van der Waals surface area contributed by atoms with Crippen LogP contribution in [0, 0.1) is 5.92 Å². The Morgan fingerprint density at radius 3 is 2.34 bits per heavy atom. The first-order valence-corrected chi connectivity index (χ1v) is 12.3. The molecule has 0 radical (unpaired) electrons. The molecule has 0 atom stereocenters. The van der Waals surface area contributed by atoms with Gasteiger partial charge < -0.3 is 4.74 Å². The first kappa shape index (κ1) is 22.2. The van der Waals surface area contributed by atoms with Crippen LogP contribution in [0.15, 0.2) is 82.7 Å². The van der Waals surface area contributed by atoms with Crippen LogP contribution >= 0.6 is 0 Å². The van der Waals surface area contributed by atoms with Crippen LogP contribution in [0.5, 0.6) is 5.75 Å². The number of aliphatic imine (C=N–C) groups is 1. The molecule has 1 heterocycles. The molecule has 3 aromatic carbocycles. The van der Waals surface area contributed by atoms with Crippen LogP contribution in [0.2, 0.25) is 0 Å². The second-order valence-corrected chi connectivity index (χ2v) is 10.3. The highest BCUT2D eigenvalue weighted by molar-refractivity contribution is 7.89.